The number of nitrogens with two attached hydrogens (primary N) is 2. The highest BCUT2D eigenvalue weighted by Crippen LogP contribution is 2.34. The number of anilines is 1. The van der Waals surface area contributed by atoms with Crippen LogP contribution in [0.2, 0.25) is 0 Å². The molecule has 178 valence electrons. The molecule has 2 aromatic carbocycles. The summed E-state index contributed by atoms with van der Waals surface area (Å²) in [4.78, 5) is 14.1. The molecule has 2 atom stereocenters. The average molecular weight is 469 g/mol. The van der Waals surface area contributed by atoms with E-state index in [2.05, 4.69) is 11.7 Å². The Morgan fingerprint density at radius 3 is 2.65 bits per heavy atom. The van der Waals surface area contributed by atoms with Gasteiger partial charge in [0.1, 0.15) is 34.9 Å². The van der Waals surface area contributed by atoms with Gasteiger partial charge < -0.3 is 21.3 Å². The zero-order valence-corrected chi connectivity index (χ0v) is 18.3. The van der Waals surface area contributed by atoms with Crippen molar-refractivity contribution < 1.29 is 23.4 Å². The van der Waals surface area contributed by atoms with Crippen molar-refractivity contribution in [3.05, 3.63) is 72.3 Å². The van der Waals surface area contributed by atoms with Crippen LogP contribution in [0.25, 0.3) is 11.3 Å². The number of primary amides is 1. The van der Waals surface area contributed by atoms with Crippen molar-refractivity contribution >= 4 is 11.7 Å². The normalized spacial score (nSPS) is 17.3. The lowest BCUT2D eigenvalue weighted by atomic mass is 10.0. The number of halogens is 2. The van der Waals surface area contributed by atoms with E-state index in [1.807, 2.05) is 4.90 Å². The molecule has 1 amide bonds. The van der Waals surface area contributed by atoms with Gasteiger partial charge in [-0.25, -0.2) is 13.5 Å². The monoisotopic (exact) mass is 469 g/mol. The number of aliphatic hydroxyl groups excluding tert-OH is 1. The van der Waals surface area contributed by atoms with Crippen LogP contribution in [-0.4, -0.2) is 45.0 Å². The van der Waals surface area contributed by atoms with Crippen molar-refractivity contribution in [3.8, 4) is 22.8 Å². The van der Waals surface area contributed by atoms with Gasteiger partial charge in [0.15, 0.2) is 11.6 Å². The van der Waals surface area contributed by atoms with Crippen LogP contribution in [0.15, 0.2) is 55.1 Å². The summed E-state index contributed by atoms with van der Waals surface area (Å²) in [5.41, 5.74) is 12.9. The smallest absolute Gasteiger partial charge is 0.254 e. The second-order valence-corrected chi connectivity index (χ2v) is 8.06. The molecule has 5 N–H and O–H groups in total. The van der Waals surface area contributed by atoms with Crippen LogP contribution in [0.3, 0.4) is 0 Å². The number of carbonyl (C=O) groups is 1. The molecule has 34 heavy (non-hydrogen) atoms. The predicted molar refractivity (Wildman–Crippen MR) is 123 cm³/mol. The van der Waals surface area contributed by atoms with Gasteiger partial charge in [0, 0.05) is 24.7 Å². The fourth-order valence-electron chi connectivity index (χ4n) is 4.11. The minimum atomic E-state index is -0.824. The van der Waals surface area contributed by atoms with Gasteiger partial charge >= 0.3 is 0 Å². The Kier molecular flexibility index (Phi) is 6.62. The van der Waals surface area contributed by atoms with E-state index in [9.17, 15) is 18.7 Å². The SMILES string of the molecule is C=CC(O)N1CCC[C@@H](n2nc(-c3ccc(Oc4ccc(F)cc4F)cc3)c(C(N)=O)c2N)C1. The molecule has 3 aromatic rings. The third-order valence-corrected chi connectivity index (χ3v) is 5.80. The Balaban J connectivity index is 1.62. The predicted octanol–water partition coefficient (Wildman–Crippen LogP) is 3.44. The molecule has 1 aliphatic heterocycles. The van der Waals surface area contributed by atoms with Crippen LogP contribution >= 0.6 is 0 Å². The molecule has 8 nitrogen and oxygen atoms in total. The number of aliphatic hydroxyl groups is 1. The number of benzene rings is 2. The number of carbonyl (C=O) groups excluding carboxylic acids is 1. The molecule has 0 radical (unpaired) electrons. The highest BCUT2D eigenvalue weighted by atomic mass is 19.1. The number of hydrogen-bond donors (Lipinski definition) is 3. The van der Waals surface area contributed by atoms with Crippen molar-refractivity contribution in [1.82, 2.24) is 14.7 Å². The van der Waals surface area contributed by atoms with E-state index in [1.54, 1.807) is 28.9 Å². The van der Waals surface area contributed by atoms with Crippen molar-refractivity contribution in [2.24, 2.45) is 5.73 Å². The fraction of sp³-hybridized carbons (Fsp3) is 0.250. The molecule has 1 unspecified atom stereocenters. The third kappa shape index (κ3) is 4.63. The molecular weight excluding hydrogens is 444 g/mol. The van der Waals surface area contributed by atoms with E-state index < -0.39 is 23.8 Å². The standard InChI is InChI=1S/C24H25F2N5O3/c1-2-20(32)30-11-3-4-16(13-30)31-23(27)21(24(28)33)22(29-31)14-5-8-17(9-6-14)34-19-10-7-15(25)12-18(19)26/h2,5-10,12,16,20,32H,1,3-4,11,13,27H2,(H2,28,33)/t16-,20?/m1/s1. The average Bonchev–Trinajstić information content (AvgIpc) is 3.18. The van der Waals surface area contributed by atoms with Crippen LogP contribution in [0.5, 0.6) is 11.5 Å². The third-order valence-electron chi connectivity index (χ3n) is 5.80. The van der Waals surface area contributed by atoms with Gasteiger partial charge in [-0.2, -0.15) is 5.10 Å². The topological polar surface area (TPSA) is 120 Å². The summed E-state index contributed by atoms with van der Waals surface area (Å²) in [6, 6.07) is 9.29. The number of ether oxygens (including phenoxy) is 1. The molecule has 0 spiro atoms. The van der Waals surface area contributed by atoms with Gasteiger partial charge in [-0.05, 0) is 55.3 Å². The van der Waals surface area contributed by atoms with Crippen molar-refractivity contribution in [3.63, 3.8) is 0 Å². The minimum Gasteiger partial charge on any atom is -0.454 e. The highest BCUT2D eigenvalue weighted by Gasteiger charge is 2.30. The van der Waals surface area contributed by atoms with Crippen LogP contribution < -0.4 is 16.2 Å². The molecule has 2 heterocycles. The first kappa shape index (κ1) is 23.4. The zero-order chi connectivity index (χ0) is 24.4. The van der Waals surface area contributed by atoms with Crippen LogP contribution in [0.4, 0.5) is 14.6 Å². The van der Waals surface area contributed by atoms with Crippen molar-refractivity contribution in [1.29, 1.82) is 0 Å². The Morgan fingerprint density at radius 2 is 2.00 bits per heavy atom. The molecule has 1 fully saturated rings. The summed E-state index contributed by atoms with van der Waals surface area (Å²) in [5, 5.41) is 14.7. The maximum atomic E-state index is 13.9. The quantitative estimate of drug-likeness (QED) is 0.456. The zero-order valence-electron chi connectivity index (χ0n) is 18.3. The van der Waals surface area contributed by atoms with E-state index in [1.165, 1.54) is 12.1 Å². The summed E-state index contributed by atoms with van der Waals surface area (Å²) < 4.78 is 34.0. The van der Waals surface area contributed by atoms with E-state index in [4.69, 9.17) is 16.2 Å². The maximum absolute atomic E-state index is 13.9. The van der Waals surface area contributed by atoms with Crippen LogP contribution in [0.1, 0.15) is 29.2 Å². The summed E-state index contributed by atoms with van der Waals surface area (Å²) in [6.45, 7) is 4.81. The molecule has 1 saturated heterocycles. The van der Waals surface area contributed by atoms with Gasteiger partial charge in [0.05, 0.1) is 6.04 Å². The first-order valence-corrected chi connectivity index (χ1v) is 10.7. The Labute approximate surface area is 195 Å². The summed E-state index contributed by atoms with van der Waals surface area (Å²) in [7, 11) is 0. The number of aromatic nitrogens is 2. The van der Waals surface area contributed by atoms with Gasteiger partial charge in [0.25, 0.3) is 5.91 Å². The minimum absolute atomic E-state index is 0.0969. The lowest BCUT2D eigenvalue weighted by Crippen LogP contribution is -2.42. The van der Waals surface area contributed by atoms with Gasteiger partial charge in [-0.3, -0.25) is 9.69 Å². The number of hydrogen-bond acceptors (Lipinski definition) is 6. The van der Waals surface area contributed by atoms with E-state index >= 15 is 0 Å². The second-order valence-electron chi connectivity index (χ2n) is 8.06. The van der Waals surface area contributed by atoms with Crippen molar-refractivity contribution in [2.45, 2.75) is 25.1 Å². The lowest BCUT2D eigenvalue weighted by Gasteiger charge is -2.35. The number of piperidine rings is 1. The molecule has 4 rings (SSSR count). The first-order chi connectivity index (χ1) is 16.3. The molecule has 10 heteroatoms. The second kappa shape index (κ2) is 9.62. The molecule has 0 bridgehead atoms. The summed E-state index contributed by atoms with van der Waals surface area (Å²) >= 11 is 0. The fourth-order valence-corrected chi connectivity index (χ4v) is 4.11. The first-order valence-electron chi connectivity index (χ1n) is 10.7. The Bertz CT molecular complexity index is 1210. The largest absolute Gasteiger partial charge is 0.454 e. The van der Waals surface area contributed by atoms with Crippen molar-refractivity contribution in [2.75, 3.05) is 18.8 Å². The molecule has 0 aliphatic carbocycles. The number of nitrogen functional groups attached to an aromatic ring is 1. The van der Waals surface area contributed by atoms with Gasteiger partial charge in [-0.1, -0.05) is 6.58 Å². The number of amides is 1. The van der Waals surface area contributed by atoms with Crippen LogP contribution in [-0.2, 0) is 0 Å². The molecule has 1 aromatic heterocycles. The molecule has 1 aliphatic rings. The van der Waals surface area contributed by atoms with E-state index in [0.717, 1.165) is 25.0 Å². The van der Waals surface area contributed by atoms with E-state index in [0.29, 0.717) is 30.1 Å². The Morgan fingerprint density at radius 1 is 1.26 bits per heavy atom. The molecular formula is C24H25F2N5O3. The van der Waals surface area contributed by atoms with E-state index in [-0.39, 0.29) is 23.2 Å². The number of rotatable bonds is 7. The lowest BCUT2D eigenvalue weighted by molar-refractivity contribution is 0.0124. The van der Waals surface area contributed by atoms with Gasteiger partial charge in [0.2, 0.25) is 0 Å². The molecule has 0 saturated carbocycles. The van der Waals surface area contributed by atoms with Crippen LogP contribution in [0, 0.1) is 11.6 Å². The number of nitrogens with zero attached hydrogens (tertiary/aromatic N) is 3. The maximum Gasteiger partial charge on any atom is 0.254 e. The van der Waals surface area contributed by atoms with Gasteiger partial charge in [-0.15, -0.1) is 0 Å². The highest BCUT2D eigenvalue weighted by molar-refractivity contribution is 6.03. The summed E-state index contributed by atoms with van der Waals surface area (Å²) in [5.74, 6) is -1.91. The number of likely N-dealkylation sites (tertiary alicyclic amines) is 1. The Hall–Kier alpha value is -3.76. The summed E-state index contributed by atoms with van der Waals surface area (Å²) in [6.07, 6.45) is 2.24.